The molecule has 1 aromatic rings. The van der Waals surface area contributed by atoms with Crippen molar-refractivity contribution in [3.05, 3.63) is 12.4 Å². The maximum absolute atomic E-state index is 11.6. The number of likely N-dealkylation sites (N-methyl/N-ethyl adjacent to an activating group) is 1. The third kappa shape index (κ3) is 2.81. The summed E-state index contributed by atoms with van der Waals surface area (Å²) in [6, 6.07) is 0. The van der Waals surface area contributed by atoms with Crippen molar-refractivity contribution >= 4 is 5.91 Å². The third-order valence-electron chi connectivity index (χ3n) is 1.87. The molecular formula is C8H14N4O2. The smallest absolute Gasteiger partial charge is 0.244 e. The quantitative estimate of drug-likeness (QED) is 0.667. The van der Waals surface area contributed by atoms with E-state index in [1.165, 1.54) is 10.9 Å². The highest BCUT2D eigenvalue weighted by Crippen LogP contribution is 1.92. The van der Waals surface area contributed by atoms with Gasteiger partial charge >= 0.3 is 0 Å². The Labute approximate surface area is 82.1 Å². The van der Waals surface area contributed by atoms with Gasteiger partial charge in [0.25, 0.3) is 0 Å². The van der Waals surface area contributed by atoms with E-state index in [0.29, 0.717) is 13.1 Å². The van der Waals surface area contributed by atoms with Gasteiger partial charge in [-0.2, -0.15) is 0 Å². The summed E-state index contributed by atoms with van der Waals surface area (Å²) in [5.74, 6) is -0.0629. The fraction of sp³-hybridized carbons (Fsp3) is 0.625. The second-order valence-electron chi connectivity index (χ2n) is 2.80. The van der Waals surface area contributed by atoms with E-state index in [-0.39, 0.29) is 19.1 Å². The van der Waals surface area contributed by atoms with Gasteiger partial charge in [-0.1, -0.05) is 5.21 Å². The van der Waals surface area contributed by atoms with Crippen molar-refractivity contribution in [2.45, 2.75) is 13.5 Å². The summed E-state index contributed by atoms with van der Waals surface area (Å²) in [5, 5.41) is 16.0. The van der Waals surface area contributed by atoms with Crippen LogP contribution >= 0.6 is 0 Å². The van der Waals surface area contributed by atoms with Crippen LogP contribution in [0.5, 0.6) is 0 Å². The number of nitrogens with zero attached hydrogens (tertiary/aromatic N) is 4. The second-order valence-corrected chi connectivity index (χ2v) is 2.80. The van der Waals surface area contributed by atoms with Gasteiger partial charge in [0.1, 0.15) is 6.54 Å². The Morgan fingerprint density at radius 2 is 2.43 bits per heavy atom. The number of hydrogen-bond donors (Lipinski definition) is 1. The molecule has 0 radical (unpaired) electrons. The first kappa shape index (κ1) is 10.6. The van der Waals surface area contributed by atoms with E-state index >= 15 is 0 Å². The maximum atomic E-state index is 11.6. The van der Waals surface area contributed by atoms with Crippen LogP contribution in [0.2, 0.25) is 0 Å². The average Bonchev–Trinajstić information content (AvgIpc) is 2.66. The van der Waals surface area contributed by atoms with Crippen molar-refractivity contribution in [1.29, 1.82) is 0 Å². The van der Waals surface area contributed by atoms with E-state index in [1.807, 2.05) is 6.92 Å². The van der Waals surface area contributed by atoms with Crippen molar-refractivity contribution in [1.82, 2.24) is 19.9 Å². The van der Waals surface area contributed by atoms with Crippen LogP contribution in [0.1, 0.15) is 6.92 Å². The van der Waals surface area contributed by atoms with Crippen LogP contribution in [0, 0.1) is 0 Å². The number of amides is 1. The first-order chi connectivity index (χ1) is 6.77. The SMILES string of the molecule is CCN(CCO)C(=O)Cn1ccnn1. The molecule has 0 aromatic carbocycles. The molecule has 0 aliphatic carbocycles. The summed E-state index contributed by atoms with van der Waals surface area (Å²) in [6.45, 7) is 2.98. The first-order valence-electron chi connectivity index (χ1n) is 4.50. The van der Waals surface area contributed by atoms with E-state index < -0.39 is 0 Å². The monoisotopic (exact) mass is 198 g/mol. The molecule has 0 saturated carbocycles. The van der Waals surface area contributed by atoms with Gasteiger partial charge in [0.2, 0.25) is 5.91 Å². The molecule has 6 heteroatoms. The standard InChI is InChI=1S/C8H14N4O2/c1-2-11(5-6-13)8(14)7-12-4-3-9-10-12/h3-4,13H,2,5-7H2,1H3. The van der Waals surface area contributed by atoms with E-state index in [0.717, 1.165) is 0 Å². The van der Waals surface area contributed by atoms with Crippen molar-refractivity contribution in [2.75, 3.05) is 19.7 Å². The van der Waals surface area contributed by atoms with Gasteiger partial charge in [0, 0.05) is 19.3 Å². The maximum Gasteiger partial charge on any atom is 0.244 e. The van der Waals surface area contributed by atoms with E-state index in [1.54, 1.807) is 11.1 Å². The summed E-state index contributed by atoms with van der Waals surface area (Å²) in [6.07, 6.45) is 3.15. The van der Waals surface area contributed by atoms with Gasteiger partial charge in [0.15, 0.2) is 0 Å². The average molecular weight is 198 g/mol. The van der Waals surface area contributed by atoms with Crippen LogP contribution in [0.3, 0.4) is 0 Å². The van der Waals surface area contributed by atoms with Crippen LogP contribution in [0.15, 0.2) is 12.4 Å². The van der Waals surface area contributed by atoms with Gasteiger partial charge in [-0.15, -0.1) is 5.10 Å². The Hall–Kier alpha value is -1.43. The molecule has 0 aliphatic heterocycles. The normalized spacial score (nSPS) is 10.1. The molecule has 0 atom stereocenters. The highest BCUT2D eigenvalue weighted by atomic mass is 16.3. The summed E-state index contributed by atoms with van der Waals surface area (Å²) in [5.41, 5.74) is 0. The number of aromatic nitrogens is 3. The molecule has 0 fully saturated rings. The lowest BCUT2D eigenvalue weighted by Gasteiger charge is -2.19. The second kappa shape index (κ2) is 5.33. The summed E-state index contributed by atoms with van der Waals surface area (Å²) < 4.78 is 1.46. The minimum atomic E-state index is -0.0629. The Bertz CT molecular complexity index is 273. The number of aliphatic hydroxyl groups is 1. The Balaban J connectivity index is 2.47. The van der Waals surface area contributed by atoms with Crippen LogP contribution in [0.25, 0.3) is 0 Å². The lowest BCUT2D eigenvalue weighted by Crippen LogP contribution is -2.35. The first-order valence-corrected chi connectivity index (χ1v) is 4.50. The minimum absolute atomic E-state index is 0.0169. The molecule has 0 spiro atoms. The third-order valence-corrected chi connectivity index (χ3v) is 1.87. The number of rotatable bonds is 5. The van der Waals surface area contributed by atoms with Gasteiger partial charge in [-0.3, -0.25) is 4.79 Å². The molecular weight excluding hydrogens is 184 g/mol. The summed E-state index contributed by atoms with van der Waals surface area (Å²) in [7, 11) is 0. The molecule has 6 nitrogen and oxygen atoms in total. The molecule has 1 N–H and O–H groups in total. The van der Waals surface area contributed by atoms with Crippen molar-refractivity contribution < 1.29 is 9.90 Å². The zero-order valence-electron chi connectivity index (χ0n) is 8.13. The number of carbonyl (C=O) groups excluding carboxylic acids is 1. The van der Waals surface area contributed by atoms with E-state index in [2.05, 4.69) is 10.3 Å². The Morgan fingerprint density at radius 1 is 1.64 bits per heavy atom. The fourth-order valence-electron chi connectivity index (χ4n) is 1.14. The molecule has 0 bridgehead atoms. The molecule has 1 amide bonds. The highest BCUT2D eigenvalue weighted by Gasteiger charge is 2.11. The number of carbonyl (C=O) groups is 1. The van der Waals surface area contributed by atoms with Crippen molar-refractivity contribution in [2.24, 2.45) is 0 Å². The lowest BCUT2D eigenvalue weighted by atomic mass is 10.4. The van der Waals surface area contributed by atoms with Crippen LogP contribution in [-0.2, 0) is 11.3 Å². The molecule has 1 heterocycles. The Morgan fingerprint density at radius 3 is 2.93 bits per heavy atom. The lowest BCUT2D eigenvalue weighted by molar-refractivity contribution is -0.132. The molecule has 1 rings (SSSR count). The molecule has 0 unspecified atom stereocenters. The Kier molecular flexibility index (Phi) is 4.06. The van der Waals surface area contributed by atoms with Gasteiger partial charge in [-0.25, -0.2) is 4.68 Å². The minimum Gasteiger partial charge on any atom is -0.395 e. The molecule has 78 valence electrons. The van der Waals surface area contributed by atoms with Gasteiger partial charge in [-0.05, 0) is 6.92 Å². The predicted molar refractivity (Wildman–Crippen MR) is 49.4 cm³/mol. The van der Waals surface area contributed by atoms with Gasteiger partial charge < -0.3 is 10.0 Å². The summed E-state index contributed by atoms with van der Waals surface area (Å²) in [4.78, 5) is 13.1. The zero-order chi connectivity index (χ0) is 10.4. The molecule has 1 aromatic heterocycles. The van der Waals surface area contributed by atoms with Crippen molar-refractivity contribution in [3.63, 3.8) is 0 Å². The molecule has 14 heavy (non-hydrogen) atoms. The van der Waals surface area contributed by atoms with Crippen LogP contribution in [-0.4, -0.2) is 50.6 Å². The molecule has 0 saturated heterocycles. The summed E-state index contributed by atoms with van der Waals surface area (Å²) >= 11 is 0. The predicted octanol–water partition coefficient (Wildman–Crippen LogP) is -0.881. The van der Waals surface area contributed by atoms with E-state index in [9.17, 15) is 4.79 Å². The largest absolute Gasteiger partial charge is 0.395 e. The number of hydrogen-bond acceptors (Lipinski definition) is 4. The van der Waals surface area contributed by atoms with E-state index in [4.69, 9.17) is 5.11 Å². The topological polar surface area (TPSA) is 71.2 Å². The number of aliphatic hydroxyl groups excluding tert-OH is 1. The van der Waals surface area contributed by atoms with Gasteiger partial charge in [0.05, 0.1) is 12.8 Å². The molecule has 0 aliphatic rings. The van der Waals surface area contributed by atoms with Crippen LogP contribution < -0.4 is 0 Å². The highest BCUT2D eigenvalue weighted by molar-refractivity contribution is 5.75. The fourth-order valence-corrected chi connectivity index (χ4v) is 1.14. The van der Waals surface area contributed by atoms with Crippen molar-refractivity contribution in [3.8, 4) is 0 Å². The zero-order valence-corrected chi connectivity index (χ0v) is 8.13. The van der Waals surface area contributed by atoms with Crippen LogP contribution in [0.4, 0.5) is 0 Å².